The number of unbranched alkanes of at least 4 members (excludes halogenated alkanes) is 9. The number of carboxylic acids is 2. The first-order valence-corrected chi connectivity index (χ1v) is 22.7. The van der Waals surface area contributed by atoms with Crippen LogP contribution >= 0.6 is 0 Å². The molecule has 65 heavy (non-hydrogen) atoms. The van der Waals surface area contributed by atoms with Crippen LogP contribution in [0.4, 0.5) is 13.2 Å². The molecule has 0 spiro atoms. The topological polar surface area (TPSA) is 259 Å². The van der Waals surface area contributed by atoms with Gasteiger partial charge < -0.3 is 52.5 Å². The number of hydrogen-bond acceptors (Lipinski definition) is 9. The second-order valence-corrected chi connectivity index (χ2v) is 16.9. The summed E-state index contributed by atoms with van der Waals surface area (Å²) in [6.07, 6.45) is 7.75. The van der Waals surface area contributed by atoms with Crippen LogP contribution in [-0.4, -0.2) is 94.0 Å². The van der Waals surface area contributed by atoms with Crippen LogP contribution in [0.5, 0.6) is 11.5 Å². The quantitative estimate of drug-likeness (QED) is 0.0317. The molecular formula is C47H71F3N6O9. The van der Waals surface area contributed by atoms with E-state index in [2.05, 4.69) is 20.9 Å². The number of amides is 3. The SMILES string of the molecule is CC[C@H](C)[C@H](NC(=O)[C@H](Cc1ccc(O)cc1)NC(=O)c1[nH]c2ccc(OCCCCCCCN)cc2c1CCCCCCCCN)C(=O)N[C@@H](CC(C)C)C(=O)O.O=C(O)C(F)(F)F. The molecule has 0 saturated heterocycles. The summed E-state index contributed by atoms with van der Waals surface area (Å²) in [5.41, 5.74) is 14.0. The van der Waals surface area contributed by atoms with Crippen molar-refractivity contribution in [2.75, 3.05) is 19.7 Å². The summed E-state index contributed by atoms with van der Waals surface area (Å²) in [6.45, 7) is 9.42. The number of H-pyrrole nitrogens is 1. The number of alkyl halides is 3. The number of aryl methyl sites for hydroxylation is 1. The summed E-state index contributed by atoms with van der Waals surface area (Å²) in [4.78, 5) is 66.5. The molecule has 0 bridgehead atoms. The van der Waals surface area contributed by atoms with Gasteiger partial charge in [0.25, 0.3) is 5.91 Å². The summed E-state index contributed by atoms with van der Waals surface area (Å²) in [6, 6.07) is 8.87. The number of carbonyl (C=O) groups is 5. The van der Waals surface area contributed by atoms with Gasteiger partial charge in [-0.3, -0.25) is 14.4 Å². The van der Waals surface area contributed by atoms with Gasteiger partial charge in [0.2, 0.25) is 11.8 Å². The number of aliphatic carboxylic acids is 2. The molecule has 0 unspecified atom stereocenters. The van der Waals surface area contributed by atoms with Crippen LogP contribution in [0.15, 0.2) is 42.5 Å². The molecule has 1 aromatic heterocycles. The molecule has 11 N–H and O–H groups in total. The lowest BCUT2D eigenvalue weighted by Gasteiger charge is -2.28. The molecular weight excluding hydrogens is 850 g/mol. The van der Waals surface area contributed by atoms with E-state index in [0.717, 1.165) is 92.8 Å². The van der Waals surface area contributed by atoms with Gasteiger partial charge in [0, 0.05) is 17.3 Å². The van der Waals surface area contributed by atoms with E-state index in [1.165, 1.54) is 12.1 Å². The fraction of sp³-hybridized carbons (Fsp3) is 0.596. The van der Waals surface area contributed by atoms with Crippen LogP contribution in [0.2, 0.25) is 0 Å². The molecule has 18 heteroatoms. The van der Waals surface area contributed by atoms with E-state index in [1.54, 1.807) is 12.1 Å². The molecule has 3 rings (SSSR count). The maximum atomic E-state index is 14.4. The summed E-state index contributed by atoms with van der Waals surface area (Å²) in [7, 11) is 0. The second kappa shape index (κ2) is 29.2. The zero-order valence-electron chi connectivity index (χ0n) is 38.2. The zero-order chi connectivity index (χ0) is 48.5. The highest BCUT2D eigenvalue weighted by molar-refractivity contribution is 6.03. The minimum Gasteiger partial charge on any atom is -0.508 e. The molecule has 0 aliphatic heterocycles. The lowest BCUT2D eigenvalue weighted by atomic mass is 9.96. The van der Waals surface area contributed by atoms with Gasteiger partial charge in [0.15, 0.2) is 0 Å². The fourth-order valence-corrected chi connectivity index (χ4v) is 7.11. The first-order chi connectivity index (χ1) is 30.8. The molecule has 0 radical (unpaired) electrons. The third-order valence-corrected chi connectivity index (χ3v) is 11.0. The van der Waals surface area contributed by atoms with Gasteiger partial charge in [-0.25, -0.2) is 9.59 Å². The van der Waals surface area contributed by atoms with Crippen molar-refractivity contribution in [1.82, 2.24) is 20.9 Å². The molecule has 0 fully saturated rings. The third kappa shape index (κ3) is 20.6. The highest BCUT2D eigenvalue weighted by Crippen LogP contribution is 2.29. The number of carboxylic acid groups (broad SMARTS) is 2. The number of ether oxygens (including phenoxy) is 1. The van der Waals surface area contributed by atoms with Crippen LogP contribution < -0.4 is 32.2 Å². The number of halogens is 3. The Morgan fingerprint density at radius 1 is 0.754 bits per heavy atom. The fourth-order valence-electron chi connectivity index (χ4n) is 7.11. The lowest BCUT2D eigenvalue weighted by molar-refractivity contribution is -0.192. The Morgan fingerprint density at radius 2 is 1.32 bits per heavy atom. The highest BCUT2D eigenvalue weighted by Gasteiger charge is 2.38. The lowest BCUT2D eigenvalue weighted by Crippen LogP contribution is -2.58. The molecule has 1 heterocycles. The molecule has 4 atom stereocenters. The molecule has 0 saturated carbocycles. The number of aromatic hydroxyl groups is 1. The maximum Gasteiger partial charge on any atom is 0.490 e. The third-order valence-electron chi connectivity index (χ3n) is 11.0. The predicted molar refractivity (Wildman–Crippen MR) is 244 cm³/mol. The average Bonchev–Trinajstić information content (AvgIpc) is 3.62. The molecule has 364 valence electrons. The van der Waals surface area contributed by atoms with E-state index < -0.39 is 54.0 Å². The van der Waals surface area contributed by atoms with Gasteiger partial charge in [0.05, 0.1) is 6.61 Å². The number of rotatable bonds is 29. The van der Waals surface area contributed by atoms with Crippen molar-refractivity contribution in [3.05, 3.63) is 59.3 Å². The van der Waals surface area contributed by atoms with Crippen molar-refractivity contribution in [1.29, 1.82) is 0 Å². The predicted octanol–water partition coefficient (Wildman–Crippen LogP) is 7.12. The minimum atomic E-state index is -5.08. The Balaban J connectivity index is 0.00000191. The highest BCUT2D eigenvalue weighted by atomic mass is 19.4. The molecule has 15 nitrogen and oxygen atoms in total. The molecule has 2 aromatic carbocycles. The number of fused-ring (bicyclic) bond motifs is 1. The van der Waals surface area contributed by atoms with E-state index in [4.69, 9.17) is 26.1 Å². The number of benzene rings is 2. The van der Waals surface area contributed by atoms with Crippen LogP contribution in [0, 0.1) is 11.8 Å². The van der Waals surface area contributed by atoms with Crippen molar-refractivity contribution in [3.8, 4) is 11.5 Å². The van der Waals surface area contributed by atoms with Gasteiger partial charge >= 0.3 is 18.1 Å². The van der Waals surface area contributed by atoms with E-state index in [9.17, 15) is 42.6 Å². The van der Waals surface area contributed by atoms with Crippen molar-refractivity contribution >= 4 is 40.6 Å². The number of phenolic OH excluding ortho intramolecular Hbond substituents is 1. The Bertz CT molecular complexity index is 1920. The van der Waals surface area contributed by atoms with E-state index in [0.29, 0.717) is 43.8 Å². The summed E-state index contributed by atoms with van der Waals surface area (Å²) < 4.78 is 37.9. The molecule has 3 aromatic rings. The van der Waals surface area contributed by atoms with Gasteiger partial charge in [-0.1, -0.05) is 91.2 Å². The van der Waals surface area contributed by atoms with E-state index in [-0.39, 0.29) is 30.4 Å². The maximum absolute atomic E-state index is 14.4. The first-order valence-electron chi connectivity index (χ1n) is 22.7. The van der Waals surface area contributed by atoms with Crippen molar-refractivity contribution in [3.63, 3.8) is 0 Å². The number of aromatic nitrogens is 1. The summed E-state index contributed by atoms with van der Waals surface area (Å²) in [5, 5.41) is 36.2. The smallest absolute Gasteiger partial charge is 0.490 e. The number of nitrogens with two attached hydrogens (primary N) is 2. The van der Waals surface area contributed by atoms with Gasteiger partial charge in [-0.15, -0.1) is 0 Å². The molecule has 0 aliphatic rings. The standard InChI is InChI=1S/C45H70N6O7.C2HF3O2/c1-5-31(4)40(43(54)50-39(45(56)57)27-30(2)3)51-42(53)38(28-32-18-20-33(52)21-19-32)49-44(55)41-35(17-13-9-6-7-10-14-24-46)36-29-34(22-23-37(36)48-41)58-26-16-12-8-11-15-25-47;3-2(4,5)1(6)7/h18-23,29-31,38-40,48,52H,5-17,24-28,46-47H2,1-4H3,(H,49,55)(H,50,54)(H,51,53)(H,56,57);(H,6,7)/t31-,38-,39-,40-;/m0./s1. The number of nitrogens with one attached hydrogen (secondary N) is 4. The normalized spacial score (nSPS) is 13.3. The average molecular weight is 921 g/mol. The summed E-state index contributed by atoms with van der Waals surface area (Å²) in [5.74, 6) is -5.12. The Morgan fingerprint density at radius 3 is 1.86 bits per heavy atom. The van der Waals surface area contributed by atoms with Crippen LogP contribution in [0.3, 0.4) is 0 Å². The number of carbonyl (C=O) groups excluding carboxylic acids is 3. The van der Waals surface area contributed by atoms with Crippen molar-refractivity contribution < 1.29 is 57.2 Å². The summed E-state index contributed by atoms with van der Waals surface area (Å²) >= 11 is 0. The number of aromatic amines is 1. The van der Waals surface area contributed by atoms with Gasteiger partial charge in [-0.2, -0.15) is 13.2 Å². The largest absolute Gasteiger partial charge is 0.508 e. The van der Waals surface area contributed by atoms with Crippen LogP contribution in [0.1, 0.15) is 133 Å². The number of hydrogen-bond donors (Lipinski definition) is 9. The van der Waals surface area contributed by atoms with Crippen LogP contribution in [0.25, 0.3) is 10.9 Å². The Hall–Kier alpha value is -5.36. The molecule has 0 aliphatic carbocycles. The zero-order valence-corrected chi connectivity index (χ0v) is 38.2. The monoisotopic (exact) mass is 921 g/mol. The minimum absolute atomic E-state index is 0.0135. The van der Waals surface area contributed by atoms with Gasteiger partial charge in [0.1, 0.15) is 35.3 Å². The Kier molecular flexibility index (Phi) is 25.1. The van der Waals surface area contributed by atoms with Crippen molar-refractivity contribution in [2.24, 2.45) is 23.3 Å². The van der Waals surface area contributed by atoms with Gasteiger partial charge in [-0.05, 0) is 105 Å². The van der Waals surface area contributed by atoms with Crippen molar-refractivity contribution in [2.45, 2.75) is 148 Å². The van der Waals surface area contributed by atoms with E-state index in [1.807, 2.05) is 45.9 Å². The number of phenols is 1. The Labute approximate surface area is 380 Å². The van der Waals surface area contributed by atoms with E-state index >= 15 is 0 Å². The second-order valence-electron chi connectivity index (χ2n) is 16.9. The van der Waals surface area contributed by atoms with Crippen LogP contribution in [-0.2, 0) is 32.0 Å². The first kappa shape index (κ1) is 55.8. The molecule has 3 amide bonds.